The number of methoxy groups -OCH3 is 1. The number of hydrogen-bond acceptors (Lipinski definition) is 3. The second-order valence-electron chi connectivity index (χ2n) is 2.86. The minimum atomic E-state index is 0.177. The van der Waals surface area contributed by atoms with Crippen LogP contribution in [0.4, 0.5) is 0 Å². The second kappa shape index (κ2) is 10.3. The van der Waals surface area contributed by atoms with Gasteiger partial charge in [-0.05, 0) is 18.2 Å². The highest BCUT2D eigenvalue weighted by atomic mass is 79.9. The summed E-state index contributed by atoms with van der Waals surface area (Å²) in [5.41, 5.74) is 0.537. The molecule has 0 N–H and O–H groups in total. The third kappa shape index (κ3) is 5.98. The van der Waals surface area contributed by atoms with Crippen LogP contribution >= 0.6 is 15.9 Å². The van der Waals surface area contributed by atoms with Gasteiger partial charge in [0.15, 0.2) is 11.5 Å². The summed E-state index contributed by atoms with van der Waals surface area (Å²) in [6, 6.07) is 4.89. The molecule has 0 saturated carbocycles. The van der Waals surface area contributed by atoms with Crippen molar-refractivity contribution in [2.75, 3.05) is 19.0 Å². The molecule has 94 valence electrons. The topological polar surface area (TPSA) is 35.5 Å². The predicted octanol–water partition coefficient (Wildman–Crippen LogP) is 2.53. The third-order valence-electron chi connectivity index (χ3n) is 1.71. The lowest BCUT2D eigenvalue weighted by atomic mass is 10.2. The highest BCUT2D eigenvalue weighted by Crippen LogP contribution is 2.27. The van der Waals surface area contributed by atoms with E-state index in [9.17, 15) is 4.79 Å². The molecule has 0 fully saturated rings. The van der Waals surface area contributed by atoms with Gasteiger partial charge in [-0.15, -0.1) is 12.8 Å². The summed E-state index contributed by atoms with van der Waals surface area (Å²) in [6.45, 7) is 0.177. The average Bonchev–Trinajstić information content (AvgIpc) is 2.45. The molecule has 0 unspecified atom stereocenters. The summed E-state index contributed by atoms with van der Waals surface area (Å²) in [4.78, 5) is 10.5. The summed E-state index contributed by atoms with van der Waals surface area (Å²) in [6.07, 6.45) is 10.5. The molecule has 0 saturated heterocycles. The first kappa shape index (κ1) is 16.1. The fourth-order valence-electron chi connectivity index (χ4n) is 0.996. The molecule has 0 aliphatic carbocycles. The van der Waals surface area contributed by atoms with Gasteiger partial charge < -0.3 is 9.47 Å². The number of rotatable bonds is 4. The molecule has 0 radical (unpaired) electrons. The zero-order chi connectivity index (χ0) is 13.8. The Morgan fingerprint density at radius 2 is 2.00 bits per heavy atom. The molecule has 3 nitrogen and oxygen atoms in total. The molecule has 0 atom stereocenters. The van der Waals surface area contributed by atoms with Crippen molar-refractivity contribution in [3.63, 3.8) is 0 Å². The van der Waals surface area contributed by atoms with Crippen LogP contribution in [-0.2, 0) is 0 Å². The molecular formula is C14H13BrO3. The van der Waals surface area contributed by atoms with Gasteiger partial charge in [0.05, 0.1) is 12.4 Å². The molecule has 1 aromatic rings. The molecule has 0 aliphatic heterocycles. The summed E-state index contributed by atoms with van der Waals surface area (Å²) in [5, 5.41) is 0.660. The molecule has 1 aromatic carbocycles. The van der Waals surface area contributed by atoms with Crippen LogP contribution in [0.1, 0.15) is 10.4 Å². The van der Waals surface area contributed by atoms with Gasteiger partial charge in [-0.2, -0.15) is 0 Å². The van der Waals surface area contributed by atoms with Crippen LogP contribution in [0.15, 0.2) is 18.2 Å². The molecule has 18 heavy (non-hydrogen) atoms. The largest absolute Gasteiger partial charge is 0.493 e. The molecule has 0 bridgehead atoms. The van der Waals surface area contributed by atoms with Crippen molar-refractivity contribution < 1.29 is 14.3 Å². The van der Waals surface area contributed by atoms with Crippen molar-refractivity contribution in [3.8, 4) is 36.2 Å². The Bertz CT molecular complexity index is 455. The Hall–Kier alpha value is -1.91. The Kier molecular flexibility index (Phi) is 9.17. The minimum Gasteiger partial charge on any atom is -0.493 e. The van der Waals surface area contributed by atoms with Crippen LogP contribution in [0.5, 0.6) is 11.5 Å². The number of carbonyl (C=O) groups excluding carboxylic acids is 1. The van der Waals surface area contributed by atoms with Gasteiger partial charge in [0.25, 0.3) is 0 Å². The van der Waals surface area contributed by atoms with E-state index in [2.05, 4.69) is 27.8 Å². The van der Waals surface area contributed by atoms with Gasteiger partial charge in [0, 0.05) is 5.56 Å². The molecular weight excluding hydrogens is 296 g/mol. The molecule has 0 spiro atoms. The van der Waals surface area contributed by atoms with Gasteiger partial charge in [-0.25, -0.2) is 0 Å². The zero-order valence-corrected chi connectivity index (χ0v) is 11.6. The van der Waals surface area contributed by atoms with E-state index in [1.54, 1.807) is 18.2 Å². The van der Waals surface area contributed by atoms with Crippen molar-refractivity contribution in [3.05, 3.63) is 23.8 Å². The summed E-state index contributed by atoms with van der Waals surface area (Å²) in [7, 11) is 1.51. The van der Waals surface area contributed by atoms with E-state index in [1.165, 1.54) is 7.11 Å². The molecule has 0 amide bonds. The first-order valence-corrected chi connectivity index (χ1v) is 6.04. The fraction of sp³-hybridized carbons (Fsp3) is 0.214. The number of hydrogen-bond donors (Lipinski definition) is 0. The first-order chi connectivity index (χ1) is 8.73. The molecule has 0 aromatic heterocycles. The monoisotopic (exact) mass is 308 g/mol. The van der Waals surface area contributed by atoms with Crippen molar-refractivity contribution in [2.45, 2.75) is 0 Å². The van der Waals surface area contributed by atoms with Gasteiger partial charge in [-0.3, -0.25) is 4.79 Å². The van der Waals surface area contributed by atoms with E-state index >= 15 is 0 Å². The maximum atomic E-state index is 10.5. The third-order valence-corrected chi connectivity index (χ3v) is 2.04. The normalized spacial score (nSPS) is 8.00. The highest BCUT2D eigenvalue weighted by Gasteiger charge is 2.04. The fourth-order valence-corrected chi connectivity index (χ4v) is 0.996. The average molecular weight is 309 g/mol. The second-order valence-corrected chi connectivity index (χ2v) is 3.42. The van der Waals surface area contributed by atoms with Crippen molar-refractivity contribution in [2.24, 2.45) is 0 Å². The number of ether oxygens (including phenoxy) is 2. The smallest absolute Gasteiger partial charge is 0.162 e. The van der Waals surface area contributed by atoms with Crippen molar-refractivity contribution in [1.82, 2.24) is 0 Å². The first-order valence-electron chi connectivity index (χ1n) is 4.92. The molecule has 1 rings (SSSR count). The van der Waals surface area contributed by atoms with Gasteiger partial charge >= 0.3 is 0 Å². The lowest BCUT2D eigenvalue weighted by Crippen LogP contribution is -1.97. The van der Waals surface area contributed by atoms with Gasteiger partial charge in [0.2, 0.25) is 0 Å². The van der Waals surface area contributed by atoms with Crippen LogP contribution in [0.3, 0.4) is 0 Å². The SMILES string of the molecule is C#CCBr.C#CCOc1ccc(C=O)cc1OC. The van der Waals surface area contributed by atoms with Gasteiger partial charge in [0.1, 0.15) is 12.9 Å². The Morgan fingerprint density at radius 3 is 2.44 bits per heavy atom. The van der Waals surface area contributed by atoms with Crippen LogP contribution in [-0.4, -0.2) is 25.3 Å². The van der Waals surface area contributed by atoms with Crippen molar-refractivity contribution >= 4 is 22.2 Å². The van der Waals surface area contributed by atoms with E-state index in [0.29, 0.717) is 22.4 Å². The van der Waals surface area contributed by atoms with E-state index in [4.69, 9.17) is 22.3 Å². The quantitative estimate of drug-likeness (QED) is 0.487. The standard InChI is InChI=1S/C11H10O3.C3H3Br/c1-3-6-14-10-5-4-9(8-12)7-11(10)13-2;1-2-3-4/h1,4-5,7-8H,6H2,2H3;1H,3H2. The number of terminal acetylenes is 2. The lowest BCUT2D eigenvalue weighted by Gasteiger charge is -2.08. The Balaban J connectivity index is 0.000000631. The van der Waals surface area contributed by atoms with Crippen LogP contribution in [0.25, 0.3) is 0 Å². The number of halogens is 1. The number of carbonyl (C=O) groups is 1. The van der Waals surface area contributed by atoms with Crippen LogP contribution < -0.4 is 9.47 Å². The summed E-state index contributed by atoms with van der Waals surface area (Å²) in [5.74, 6) is 5.74. The van der Waals surface area contributed by atoms with E-state index in [-0.39, 0.29) is 6.61 Å². The Labute approximate surface area is 116 Å². The van der Waals surface area contributed by atoms with E-state index in [1.807, 2.05) is 0 Å². The van der Waals surface area contributed by atoms with E-state index in [0.717, 1.165) is 6.29 Å². The van der Waals surface area contributed by atoms with Crippen LogP contribution in [0.2, 0.25) is 0 Å². The molecule has 0 heterocycles. The summed E-state index contributed by atoms with van der Waals surface area (Å²) < 4.78 is 10.2. The van der Waals surface area contributed by atoms with Crippen molar-refractivity contribution in [1.29, 1.82) is 0 Å². The highest BCUT2D eigenvalue weighted by molar-refractivity contribution is 9.09. The van der Waals surface area contributed by atoms with Crippen LogP contribution in [0, 0.1) is 24.7 Å². The van der Waals surface area contributed by atoms with Gasteiger partial charge in [-0.1, -0.05) is 27.8 Å². The maximum absolute atomic E-state index is 10.5. The minimum absolute atomic E-state index is 0.177. The lowest BCUT2D eigenvalue weighted by molar-refractivity contribution is 0.112. The maximum Gasteiger partial charge on any atom is 0.162 e. The zero-order valence-electron chi connectivity index (χ0n) is 9.98. The molecule has 4 heteroatoms. The Morgan fingerprint density at radius 1 is 1.33 bits per heavy atom. The van der Waals surface area contributed by atoms with E-state index < -0.39 is 0 Å². The summed E-state index contributed by atoms with van der Waals surface area (Å²) >= 11 is 3.01. The number of aldehydes is 1. The molecule has 0 aliphatic rings. The number of benzene rings is 1. The predicted molar refractivity (Wildman–Crippen MR) is 75.3 cm³/mol. The number of alkyl halides is 1.